The van der Waals surface area contributed by atoms with Crippen molar-refractivity contribution in [1.29, 1.82) is 0 Å². The van der Waals surface area contributed by atoms with Crippen LogP contribution in [0.5, 0.6) is 0 Å². The third kappa shape index (κ3) is 2.20. The van der Waals surface area contributed by atoms with Crippen molar-refractivity contribution in [3.05, 3.63) is 22.7 Å². The molecule has 2 rings (SSSR count). The second-order valence-electron chi connectivity index (χ2n) is 4.67. The number of aromatic nitrogens is 2. The van der Waals surface area contributed by atoms with Gasteiger partial charge in [0.1, 0.15) is 0 Å². The summed E-state index contributed by atoms with van der Waals surface area (Å²) in [6.45, 7) is 7.39. The number of hydrogen-bond acceptors (Lipinski definition) is 4. The van der Waals surface area contributed by atoms with E-state index in [1.165, 1.54) is 0 Å². The van der Waals surface area contributed by atoms with Gasteiger partial charge in [0.15, 0.2) is 5.82 Å². The van der Waals surface area contributed by atoms with E-state index in [-0.39, 0.29) is 17.2 Å². The van der Waals surface area contributed by atoms with Crippen LogP contribution in [-0.2, 0) is 11.3 Å². The summed E-state index contributed by atoms with van der Waals surface area (Å²) in [7, 11) is 0. The highest BCUT2D eigenvalue weighted by atomic mass is 16.5. The molecule has 1 aliphatic rings. The molecule has 0 bridgehead atoms. The highest BCUT2D eigenvalue weighted by Gasteiger charge is 2.37. The fraction of sp³-hybridized carbons (Fsp3) is 0.667. The van der Waals surface area contributed by atoms with E-state index in [4.69, 9.17) is 4.74 Å². The summed E-state index contributed by atoms with van der Waals surface area (Å²) in [6, 6.07) is 0. The van der Waals surface area contributed by atoms with Gasteiger partial charge in [-0.05, 0) is 27.2 Å². The smallest absolute Gasteiger partial charge is 0.293 e. The summed E-state index contributed by atoms with van der Waals surface area (Å²) in [6.07, 6.45) is 4.32. The minimum atomic E-state index is -0.209. The lowest BCUT2D eigenvalue weighted by Gasteiger charge is -2.29. The maximum Gasteiger partial charge on any atom is 0.293 e. The van der Waals surface area contributed by atoms with Gasteiger partial charge in [0.2, 0.25) is 0 Å². The second-order valence-corrected chi connectivity index (χ2v) is 4.67. The molecule has 0 spiro atoms. The van der Waals surface area contributed by atoms with Crippen LogP contribution in [0.1, 0.15) is 27.2 Å². The van der Waals surface area contributed by atoms with Crippen molar-refractivity contribution in [2.45, 2.75) is 45.4 Å². The zero-order chi connectivity index (χ0) is 12.5. The number of hydrogen-bond donors (Lipinski definition) is 1. The van der Waals surface area contributed by atoms with Crippen molar-refractivity contribution in [1.82, 2.24) is 9.55 Å². The van der Waals surface area contributed by atoms with Crippen LogP contribution in [0.15, 0.2) is 17.2 Å². The van der Waals surface area contributed by atoms with Crippen LogP contribution >= 0.6 is 0 Å². The average molecular weight is 237 g/mol. The molecule has 1 aromatic rings. The maximum absolute atomic E-state index is 12.0. The predicted octanol–water partition coefficient (Wildman–Crippen LogP) is 1.24. The minimum Gasteiger partial charge on any atom is -0.376 e. The molecule has 17 heavy (non-hydrogen) atoms. The highest BCUT2D eigenvalue weighted by molar-refractivity contribution is 5.36. The van der Waals surface area contributed by atoms with Gasteiger partial charge >= 0.3 is 0 Å². The largest absolute Gasteiger partial charge is 0.376 e. The highest BCUT2D eigenvalue weighted by Crippen LogP contribution is 2.27. The quantitative estimate of drug-likeness (QED) is 0.859. The third-order valence-corrected chi connectivity index (χ3v) is 3.54. The van der Waals surface area contributed by atoms with E-state index >= 15 is 0 Å². The fourth-order valence-corrected chi connectivity index (χ4v) is 2.05. The van der Waals surface area contributed by atoms with Crippen molar-refractivity contribution >= 4 is 5.82 Å². The Hall–Kier alpha value is -1.36. The lowest BCUT2D eigenvalue weighted by molar-refractivity contribution is 0.105. The molecule has 94 valence electrons. The maximum atomic E-state index is 12.0. The van der Waals surface area contributed by atoms with Gasteiger partial charge in [0, 0.05) is 25.5 Å². The molecule has 1 saturated heterocycles. The van der Waals surface area contributed by atoms with E-state index < -0.39 is 0 Å². The minimum absolute atomic E-state index is 0.0738. The topological polar surface area (TPSA) is 56.1 Å². The van der Waals surface area contributed by atoms with Crippen molar-refractivity contribution in [2.24, 2.45) is 0 Å². The number of ether oxygens (including phenoxy) is 1. The Morgan fingerprint density at radius 2 is 2.47 bits per heavy atom. The Morgan fingerprint density at radius 3 is 3.06 bits per heavy atom. The average Bonchev–Trinajstić information content (AvgIpc) is 2.62. The number of aryl methyl sites for hydroxylation is 1. The molecule has 1 N–H and O–H groups in total. The molecule has 2 unspecified atom stereocenters. The van der Waals surface area contributed by atoms with Crippen LogP contribution in [0.2, 0.25) is 0 Å². The fourth-order valence-electron chi connectivity index (χ4n) is 2.05. The summed E-state index contributed by atoms with van der Waals surface area (Å²) < 4.78 is 7.18. The normalized spacial score (nSPS) is 28.3. The summed E-state index contributed by atoms with van der Waals surface area (Å²) in [5, 5.41) is 3.24. The first-order chi connectivity index (χ1) is 8.07. The molecule has 1 aromatic heterocycles. The van der Waals surface area contributed by atoms with Crippen molar-refractivity contribution in [3.8, 4) is 0 Å². The van der Waals surface area contributed by atoms with Gasteiger partial charge in [-0.25, -0.2) is 4.98 Å². The molecule has 0 aliphatic carbocycles. The van der Waals surface area contributed by atoms with Gasteiger partial charge in [-0.15, -0.1) is 0 Å². The lowest BCUT2D eigenvalue weighted by Crippen LogP contribution is -2.43. The van der Waals surface area contributed by atoms with Gasteiger partial charge < -0.3 is 14.6 Å². The van der Waals surface area contributed by atoms with Gasteiger partial charge in [0.25, 0.3) is 5.56 Å². The standard InChI is InChI=1S/C12H19N3O2/c1-4-15-7-6-13-10(11(15)16)14-12(3)5-8-17-9(12)2/h6-7,9H,4-5,8H2,1-3H3,(H,13,14). The summed E-state index contributed by atoms with van der Waals surface area (Å²) in [4.78, 5) is 16.2. The first-order valence-electron chi connectivity index (χ1n) is 6.02. The van der Waals surface area contributed by atoms with E-state index in [1.54, 1.807) is 17.0 Å². The van der Waals surface area contributed by atoms with Gasteiger partial charge in [-0.2, -0.15) is 0 Å². The third-order valence-electron chi connectivity index (χ3n) is 3.54. The molecule has 0 amide bonds. The zero-order valence-electron chi connectivity index (χ0n) is 10.6. The Kier molecular flexibility index (Phi) is 3.19. The van der Waals surface area contributed by atoms with Crippen LogP contribution in [-0.4, -0.2) is 27.8 Å². The van der Waals surface area contributed by atoms with Crippen LogP contribution in [0.4, 0.5) is 5.82 Å². The number of anilines is 1. The van der Waals surface area contributed by atoms with Gasteiger partial charge in [-0.1, -0.05) is 0 Å². The molecule has 0 aromatic carbocycles. The van der Waals surface area contributed by atoms with Crippen LogP contribution in [0, 0.1) is 0 Å². The molecule has 5 nitrogen and oxygen atoms in total. The van der Waals surface area contributed by atoms with E-state index in [0.717, 1.165) is 13.0 Å². The second kappa shape index (κ2) is 4.49. The van der Waals surface area contributed by atoms with E-state index in [0.29, 0.717) is 12.4 Å². The van der Waals surface area contributed by atoms with Crippen LogP contribution < -0.4 is 10.9 Å². The Labute approximate surface area is 101 Å². The Balaban J connectivity index is 2.27. The molecule has 2 atom stereocenters. The lowest BCUT2D eigenvalue weighted by atomic mass is 9.95. The van der Waals surface area contributed by atoms with E-state index in [9.17, 15) is 4.79 Å². The van der Waals surface area contributed by atoms with E-state index in [2.05, 4.69) is 17.2 Å². The van der Waals surface area contributed by atoms with Crippen LogP contribution in [0.25, 0.3) is 0 Å². The first-order valence-corrected chi connectivity index (χ1v) is 6.02. The first kappa shape index (κ1) is 12.1. The van der Waals surface area contributed by atoms with Crippen molar-refractivity contribution in [2.75, 3.05) is 11.9 Å². The summed E-state index contributed by atoms with van der Waals surface area (Å²) in [5.74, 6) is 0.411. The van der Waals surface area contributed by atoms with Gasteiger partial charge in [-0.3, -0.25) is 4.79 Å². The SMILES string of the molecule is CCn1ccnc(NC2(C)CCOC2C)c1=O. The summed E-state index contributed by atoms with van der Waals surface area (Å²) >= 11 is 0. The Morgan fingerprint density at radius 1 is 1.71 bits per heavy atom. The molecule has 2 heterocycles. The molecule has 5 heteroatoms. The van der Waals surface area contributed by atoms with Crippen molar-refractivity contribution < 1.29 is 4.74 Å². The van der Waals surface area contributed by atoms with Crippen LogP contribution in [0.3, 0.4) is 0 Å². The molecule has 1 aliphatic heterocycles. The zero-order valence-corrected chi connectivity index (χ0v) is 10.6. The number of nitrogens with zero attached hydrogens (tertiary/aromatic N) is 2. The molecule has 1 fully saturated rings. The van der Waals surface area contributed by atoms with Gasteiger partial charge in [0.05, 0.1) is 11.6 Å². The molecular formula is C12H19N3O2. The number of rotatable bonds is 3. The van der Waals surface area contributed by atoms with Crippen molar-refractivity contribution in [3.63, 3.8) is 0 Å². The summed E-state index contributed by atoms with van der Waals surface area (Å²) in [5.41, 5.74) is -0.283. The molecule has 0 saturated carbocycles. The monoisotopic (exact) mass is 237 g/mol. The Bertz CT molecular complexity index is 457. The predicted molar refractivity (Wildman–Crippen MR) is 66.2 cm³/mol. The molecule has 0 radical (unpaired) electrons. The number of nitrogens with one attached hydrogen (secondary N) is 1. The van der Waals surface area contributed by atoms with E-state index in [1.807, 2.05) is 13.8 Å². The molecular weight excluding hydrogens is 218 g/mol.